The second-order valence-electron chi connectivity index (χ2n) is 7.30. The lowest BCUT2D eigenvalue weighted by Gasteiger charge is -2.35. The Morgan fingerprint density at radius 1 is 1.22 bits per heavy atom. The molecule has 0 aromatic heterocycles. The first-order valence-corrected chi connectivity index (χ1v) is 10.6. The van der Waals surface area contributed by atoms with E-state index in [9.17, 15) is 0 Å². The minimum Gasteiger partial charge on any atom is -0.376 e. The number of rotatable bonds is 6. The topological polar surface area (TPSA) is 46.1 Å². The third-order valence-corrected chi connectivity index (χ3v) is 5.44. The average molecular weight is 394 g/mol. The van der Waals surface area contributed by atoms with Crippen LogP contribution in [0, 0.1) is 0 Å². The van der Waals surface area contributed by atoms with Crippen molar-refractivity contribution in [1.29, 1.82) is 0 Å². The number of nitrogens with zero attached hydrogens (tertiary/aromatic N) is 2. The molecule has 1 N–H and O–H groups in total. The number of benzene rings is 1. The van der Waals surface area contributed by atoms with Gasteiger partial charge in [-0.15, -0.1) is 0 Å². The number of likely N-dealkylation sites (tertiary alicyclic amines) is 1. The van der Waals surface area contributed by atoms with Gasteiger partial charge in [-0.2, -0.15) is 0 Å². The van der Waals surface area contributed by atoms with E-state index in [2.05, 4.69) is 17.1 Å². The normalized spacial score (nSPS) is 22.1. The fourth-order valence-electron chi connectivity index (χ4n) is 3.60. The molecule has 1 aromatic rings. The Labute approximate surface area is 168 Å². The van der Waals surface area contributed by atoms with Gasteiger partial charge in [-0.1, -0.05) is 23.7 Å². The number of aliphatic imine (C=N–C) groups is 1. The van der Waals surface area contributed by atoms with Crippen LogP contribution >= 0.6 is 11.6 Å². The van der Waals surface area contributed by atoms with Crippen LogP contribution in [0.2, 0.25) is 5.02 Å². The Morgan fingerprint density at radius 2 is 2.00 bits per heavy atom. The molecule has 2 fully saturated rings. The molecule has 0 spiro atoms. The summed E-state index contributed by atoms with van der Waals surface area (Å²) in [6, 6.07) is 7.89. The van der Waals surface area contributed by atoms with Crippen molar-refractivity contribution in [3.63, 3.8) is 0 Å². The molecule has 5 nitrogen and oxygen atoms in total. The van der Waals surface area contributed by atoms with Gasteiger partial charge in [-0.05, 0) is 56.7 Å². The van der Waals surface area contributed by atoms with Gasteiger partial charge in [0.1, 0.15) is 0 Å². The first-order chi connectivity index (χ1) is 13.2. The molecule has 2 saturated heterocycles. The van der Waals surface area contributed by atoms with Gasteiger partial charge >= 0.3 is 0 Å². The molecular weight excluding hydrogens is 362 g/mol. The summed E-state index contributed by atoms with van der Waals surface area (Å²) >= 11 is 5.96. The molecular formula is C21H32ClN3O2. The van der Waals surface area contributed by atoms with Crippen molar-refractivity contribution in [1.82, 2.24) is 10.2 Å². The largest absolute Gasteiger partial charge is 0.376 e. The lowest BCUT2D eigenvalue weighted by atomic mass is 10.1. The van der Waals surface area contributed by atoms with Crippen LogP contribution in [-0.4, -0.2) is 55.9 Å². The summed E-state index contributed by atoms with van der Waals surface area (Å²) in [5, 5.41) is 4.18. The van der Waals surface area contributed by atoms with Crippen LogP contribution in [0.25, 0.3) is 0 Å². The smallest absolute Gasteiger partial charge is 0.194 e. The van der Waals surface area contributed by atoms with Crippen LogP contribution in [0.4, 0.5) is 0 Å². The Balaban J connectivity index is 1.46. The zero-order valence-corrected chi connectivity index (χ0v) is 17.1. The van der Waals surface area contributed by atoms with Gasteiger partial charge in [0.15, 0.2) is 5.96 Å². The molecule has 2 aliphatic rings. The summed E-state index contributed by atoms with van der Waals surface area (Å²) in [7, 11) is 0. The molecule has 27 heavy (non-hydrogen) atoms. The van der Waals surface area contributed by atoms with E-state index in [0.29, 0.717) is 18.8 Å². The zero-order chi connectivity index (χ0) is 18.9. The monoisotopic (exact) mass is 393 g/mol. The van der Waals surface area contributed by atoms with Crippen LogP contribution < -0.4 is 5.32 Å². The van der Waals surface area contributed by atoms with Crippen molar-refractivity contribution in [3.8, 4) is 0 Å². The van der Waals surface area contributed by atoms with E-state index in [1.165, 1.54) is 18.4 Å². The molecule has 0 amide bonds. The van der Waals surface area contributed by atoms with Crippen LogP contribution in [0.1, 0.15) is 44.6 Å². The zero-order valence-electron chi connectivity index (χ0n) is 16.3. The molecule has 0 radical (unpaired) electrons. The predicted molar refractivity (Wildman–Crippen MR) is 110 cm³/mol. The number of halogens is 1. The summed E-state index contributed by atoms with van der Waals surface area (Å²) in [5.41, 5.74) is 1.17. The highest BCUT2D eigenvalue weighted by Gasteiger charge is 2.23. The van der Waals surface area contributed by atoms with E-state index in [4.69, 9.17) is 26.1 Å². The van der Waals surface area contributed by atoms with Gasteiger partial charge in [0, 0.05) is 31.3 Å². The van der Waals surface area contributed by atoms with Crippen LogP contribution in [0.5, 0.6) is 0 Å². The van der Waals surface area contributed by atoms with Crippen molar-refractivity contribution < 1.29 is 9.47 Å². The molecule has 3 rings (SSSR count). The molecule has 2 heterocycles. The van der Waals surface area contributed by atoms with Crippen molar-refractivity contribution in [3.05, 3.63) is 34.9 Å². The quantitative estimate of drug-likeness (QED) is 0.589. The third-order valence-electron chi connectivity index (χ3n) is 5.19. The second kappa shape index (κ2) is 10.9. The molecule has 1 atom stereocenters. The van der Waals surface area contributed by atoms with Gasteiger partial charge in [0.05, 0.1) is 25.4 Å². The Hall–Kier alpha value is -1.30. The highest BCUT2D eigenvalue weighted by Crippen LogP contribution is 2.18. The Kier molecular flexibility index (Phi) is 8.24. The van der Waals surface area contributed by atoms with Crippen LogP contribution in [0.3, 0.4) is 0 Å². The van der Waals surface area contributed by atoms with Crippen LogP contribution in [0.15, 0.2) is 29.3 Å². The number of hydrogen-bond acceptors (Lipinski definition) is 3. The third kappa shape index (κ3) is 6.66. The maximum atomic E-state index is 6.13. The van der Waals surface area contributed by atoms with E-state index < -0.39 is 0 Å². The molecule has 2 aliphatic heterocycles. The van der Waals surface area contributed by atoms with Gasteiger partial charge in [-0.25, -0.2) is 4.99 Å². The molecule has 0 bridgehead atoms. The van der Waals surface area contributed by atoms with Crippen LogP contribution in [-0.2, 0) is 16.0 Å². The van der Waals surface area contributed by atoms with E-state index in [-0.39, 0.29) is 0 Å². The molecule has 6 heteroatoms. The minimum absolute atomic E-state index is 0.301. The van der Waals surface area contributed by atoms with E-state index in [0.717, 1.165) is 63.1 Å². The SMILES string of the molecule is CCNC(=NCc1ccc(Cl)cc1)N1CCC(OCC2CCCCO2)CC1. The van der Waals surface area contributed by atoms with Crippen molar-refractivity contribution in [2.75, 3.05) is 32.8 Å². The predicted octanol–water partition coefficient (Wildman–Crippen LogP) is 3.86. The standard InChI is InChI=1S/C21H32ClN3O2/c1-2-23-21(24-15-17-6-8-18(22)9-7-17)25-12-10-19(11-13-25)27-16-20-5-3-4-14-26-20/h6-9,19-20H,2-5,10-16H2,1H3,(H,23,24). The summed E-state index contributed by atoms with van der Waals surface area (Å²) in [4.78, 5) is 7.15. The van der Waals surface area contributed by atoms with E-state index in [1.54, 1.807) is 0 Å². The van der Waals surface area contributed by atoms with Gasteiger partial charge in [-0.3, -0.25) is 0 Å². The second-order valence-corrected chi connectivity index (χ2v) is 7.74. The highest BCUT2D eigenvalue weighted by molar-refractivity contribution is 6.30. The number of piperidine rings is 1. The molecule has 0 aliphatic carbocycles. The molecule has 0 saturated carbocycles. The fraction of sp³-hybridized carbons (Fsp3) is 0.667. The maximum absolute atomic E-state index is 6.13. The van der Waals surface area contributed by atoms with Crippen molar-refractivity contribution >= 4 is 17.6 Å². The van der Waals surface area contributed by atoms with Crippen molar-refractivity contribution in [2.24, 2.45) is 4.99 Å². The Bertz CT molecular complexity index is 580. The summed E-state index contributed by atoms with van der Waals surface area (Å²) in [5.74, 6) is 0.988. The number of nitrogens with one attached hydrogen (secondary N) is 1. The highest BCUT2D eigenvalue weighted by atomic mass is 35.5. The minimum atomic E-state index is 0.301. The van der Waals surface area contributed by atoms with E-state index in [1.807, 2.05) is 24.3 Å². The summed E-state index contributed by atoms with van der Waals surface area (Å²) < 4.78 is 11.9. The lowest BCUT2D eigenvalue weighted by molar-refractivity contribution is -0.0721. The maximum Gasteiger partial charge on any atom is 0.194 e. The fourth-order valence-corrected chi connectivity index (χ4v) is 3.72. The average Bonchev–Trinajstić information content (AvgIpc) is 2.72. The van der Waals surface area contributed by atoms with Gasteiger partial charge in [0.25, 0.3) is 0 Å². The molecule has 150 valence electrons. The first-order valence-electron chi connectivity index (χ1n) is 10.3. The first kappa shape index (κ1) is 20.4. The van der Waals surface area contributed by atoms with E-state index >= 15 is 0 Å². The van der Waals surface area contributed by atoms with Gasteiger partial charge < -0.3 is 19.7 Å². The number of guanidine groups is 1. The molecule has 1 unspecified atom stereocenters. The van der Waals surface area contributed by atoms with Gasteiger partial charge in [0.2, 0.25) is 0 Å². The molecule has 1 aromatic carbocycles. The number of hydrogen-bond donors (Lipinski definition) is 1. The summed E-state index contributed by atoms with van der Waals surface area (Å²) in [6.07, 6.45) is 6.32. The van der Waals surface area contributed by atoms with Crippen molar-refractivity contribution in [2.45, 2.75) is 57.8 Å². The summed E-state index contributed by atoms with van der Waals surface area (Å²) in [6.45, 7) is 7.23. The lowest BCUT2D eigenvalue weighted by Crippen LogP contribution is -2.47. The Morgan fingerprint density at radius 3 is 2.67 bits per heavy atom. The number of ether oxygens (including phenoxy) is 2.